The number of benzene rings is 1. The van der Waals surface area contributed by atoms with Crippen molar-refractivity contribution in [2.24, 2.45) is 0 Å². The Hall–Kier alpha value is -2.04. The van der Waals surface area contributed by atoms with Crippen molar-refractivity contribution < 1.29 is 9.59 Å². The zero-order valence-corrected chi connectivity index (χ0v) is 10.2. The van der Waals surface area contributed by atoms with E-state index in [1.165, 1.54) is 0 Å². The second kappa shape index (κ2) is 5.53. The normalized spacial score (nSPS) is 15.6. The fraction of sp³-hybridized carbons (Fsp3) is 0.385. The van der Waals surface area contributed by atoms with Gasteiger partial charge in [0.2, 0.25) is 12.3 Å². The van der Waals surface area contributed by atoms with Gasteiger partial charge in [0.1, 0.15) is 0 Å². The van der Waals surface area contributed by atoms with Crippen molar-refractivity contribution in [2.45, 2.75) is 6.42 Å². The molecule has 2 amide bonds. The molecule has 5 nitrogen and oxygen atoms in total. The van der Waals surface area contributed by atoms with E-state index < -0.39 is 0 Å². The lowest BCUT2D eigenvalue weighted by Gasteiger charge is -2.32. The van der Waals surface area contributed by atoms with E-state index in [0.717, 1.165) is 12.0 Å². The highest BCUT2D eigenvalue weighted by Gasteiger charge is 2.20. The molecule has 0 aromatic heterocycles. The number of hydrogen-bond acceptors (Lipinski definition) is 3. The summed E-state index contributed by atoms with van der Waals surface area (Å²) < 4.78 is 0. The molecule has 0 spiro atoms. The number of anilines is 1. The summed E-state index contributed by atoms with van der Waals surface area (Å²) in [7, 11) is 0. The molecule has 1 aliphatic rings. The number of amides is 2. The quantitative estimate of drug-likeness (QED) is 0.609. The summed E-state index contributed by atoms with van der Waals surface area (Å²) in [4.78, 5) is 26.1. The predicted octanol–water partition coefficient (Wildman–Crippen LogP) is 0.112. The van der Waals surface area contributed by atoms with E-state index in [0.29, 0.717) is 38.3 Å². The van der Waals surface area contributed by atoms with Gasteiger partial charge in [-0.05, 0) is 11.6 Å². The maximum atomic E-state index is 12.1. The molecule has 0 saturated carbocycles. The minimum Gasteiger partial charge on any atom is -0.398 e. The van der Waals surface area contributed by atoms with Crippen molar-refractivity contribution in [1.82, 2.24) is 9.80 Å². The molecule has 2 rings (SSSR count). The van der Waals surface area contributed by atoms with Crippen LogP contribution in [0.5, 0.6) is 0 Å². The minimum absolute atomic E-state index is 0.0680. The fourth-order valence-corrected chi connectivity index (χ4v) is 2.05. The van der Waals surface area contributed by atoms with E-state index >= 15 is 0 Å². The number of hydrogen-bond donors (Lipinski definition) is 1. The first-order chi connectivity index (χ1) is 8.70. The summed E-state index contributed by atoms with van der Waals surface area (Å²) in [5, 5.41) is 0. The Kier molecular flexibility index (Phi) is 3.82. The SMILES string of the molecule is Nc1ccccc1CC(=O)N1CCN(C=O)CC1. The third kappa shape index (κ3) is 2.80. The van der Waals surface area contributed by atoms with Gasteiger partial charge in [0.15, 0.2) is 0 Å². The molecular weight excluding hydrogens is 230 g/mol. The van der Waals surface area contributed by atoms with Crippen LogP contribution in [0.4, 0.5) is 5.69 Å². The molecule has 1 fully saturated rings. The van der Waals surface area contributed by atoms with Crippen LogP contribution in [0.1, 0.15) is 5.56 Å². The van der Waals surface area contributed by atoms with Gasteiger partial charge in [-0.2, -0.15) is 0 Å². The Bertz CT molecular complexity index is 440. The smallest absolute Gasteiger partial charge is 0.227 e. The van der Waals surface area contributed by atoms with Crippen LogP contribution in [0.15, 0.2) is 24.3 Å². The Balaban J connectivity index is 1.93. The summed E-state index contributed by atoms with van der Waals surface area (Å²) in [5.74, 6) is 0.0680. The van der Waals surface area contributed by atoms with Gasteiger partial charge in [-0.25, -0.2) is 0 Å². The maximum Gasteiger partial charge on any atom is 0.227 e. The van der Waals surface area contributed by atoms with E-state index in [1.54, 1.807) is 15.9 Å². The molecule has 18 heavy (non-hydrogen) atoms. The number of nitrogen functional groups attached to an aromatic ring is 1. The van der Waals surface area contributed by atoms with Crippen LogP contribution in [-0.2, 0) is 16.0 Å². The highest BCUT2D eigenvalue weighted by molar-refractivity contribution is 5.80. The third-order valence-corrected chi connectivity index (χ3v) is 3.21. The predicted molar refractivity (Wildman–Crippen MR) is 68.8 cm³/mol. The molecule has 1 aromatic carbocycles. The average molecular weight is 247 g/mol. The largest absolute Gasteiger partial charge is 0.398 e. The van der Waals surface area contributed by atoms with Crippen molar-refractivity contribution in [3.63, 3.8) is 0 Å². The topological polar surface area (TPSA) is 66.6 Å². The zero-order chi connectivity index (χ0) is 13.0. The molecule has 0 radical (unpaired) electrons. The Morgan fingerprint density at radius 2 is 1.89 bits per heavy atom. The van der Waals surface area contributed by atoms with Gasteiger partial charge in [-0.1, -0.05) is 18.2 Å². The zero-order valence-electron chi connectivity index (χ0n) is 10.2. The molecule has 1 saturated heterocycles. The van der Waals surface area contributed by atoms with Crippen molar-refractivity contribution in [1.29, 1.82) is 0 Å². The van der Waals surface area contributed by atoms with Crippen LogP contribution >= 0.6 is 0 Å². The number of rotatable bonds is 3. The number of carbonyl (C=O) groups is 2. The molecule has 1 aliphatic heterocycles. The maximum absolute atomic E-state index is 12.1. The second-order valence-electron chi connectivity index (χ2n) is 4.40. The van der Waals surface area contributed by atoms with Crippen molar-refractivity contribution in [2.75, 3.05) is 31.9 Å². The molecule has 0 aliphatic carbocycles. The molecule has 0 bridgehead atoms. The van der Waals surface area contributed by atoms with Gasteiger partial charge in [0.25, 0.3) is 0 Å². The van der Waals surface area contributed by atoms with E-state index in [9.17, 15) is 9.59 Å². The van der Waals surface area contributed by atoms with Crippen molar-refractivity contribution in [3.05, 3.63) is 29.8 Å². The van der Waals surface area contributed by atoms with Gasteiger partial charge >= 0.3 is 0 Å². The molecule has 1 heterocycles. The summed E-state index contributed by atoms with van der Waals surface area (Å²) in [6, 6.07) is 7.40. The monoisotopic (exact) mass is 247 g/mol. The van der Waals surface area contributed by atoms with E-state index in [4.69, 9.17) is 5.73 Å². The van der Waals surface area contributed by atoms with Crippen molar-refractivity contribution in [3.8, 4) is 0 Å². The van der Waals surface area contributed by atoms with E-state index in [2.05, 4.69) is 0 Å². The Morgan fingerprint density at radius 3 is 2.50 bits per heavy atom. The lowest BCUT2D eigenvalue weighted by Crippen LogP contribution is -2.48. The number of nitrogens with zero attached hydrogens (tertiary/aromatic N) is 2. The summed E-state index contributed by atoms with van der Waals surface area (Å²) in [6.07, 6.45) is 1.16. The molecule has 96 valence electrons. The van der Waals surface area contributed by atoms with Gasteiger partial charge in [0, 0.05) is 31.9 Å². The van der Waals surface area contributed by atoms with Gasteiger partial charge in [-0.3, -0.25) is 9.59 Å². The Labute approximate surface area is 106 Å². The number of para-hydroxylation sites is 1. The molecule has 1 aromatic rings. The standard InChI is InChI=1S/C13H17N3O2/c14-12-4-2-1-3-11(12)9-13(18)16-7-5-15(10-17)6-8-16/h1-4,10H,5-9,14H2. The lowest BCUT2D eigenvalue weighted by atomic mass is 10.1. The van der Waals surface area contributed by atoms with Crippen LogP contribution in [0.25, 0.3) is 0 Å². The van der Waals surface area contributed by atoms with Gasteiger partial charge < -0.3 is 15.5 Å². The van der Waals surface area contributed by atoms with Crippen LogP contribution < -0.4 is 5.73 Å². The van der Waals surface area contributed by atoms with Gasteiger partial charge in [0.05, 0.1) is 6.42 Å². The highest BCUT2D eigenvalue weighted by atomic mass is 16.2. The Morgan fingerprint density at radius 1 is 1.22 bits per heavy atom. The molecule has 2 N–H and O–H groups in total. The first-order valence-corrected chi connectivity index (χ1v) is 6.01. The first-order valence-electron chi connectivity index (χ1n) is 6.01. The summed E-state index contributed by atoms with van der Waals surface area (Å²) >= 11 is 0. The average Bonchev–Trinajstić information content (AvgIpc) is 2.41. The van der Waals surface area contributed by atoms with Crippen LogP contribution in [0.2, 0.25) is 0 Å². The molecule has 0 unspecified atom stereocenters. The summed E-state index contributed by atoms with van der Waals surface area (Å²) in [6.45, 7) is 2.42. The van der Waals surface area contributed by atoms with Crippen LogP contribution in [0, 0.1) is 0 Å². The highest BCUT2D eigenvalue weighted by Crippen LogP contribution is 2.13. The van der Waals surface area contributed by atoms with E-state index in [-0.39, 0.29) is 5.91 Å². The van der Waals surface area contributed by atoms with E-state index in [1.807, 2.05) is 18.2 Å². The number of piperazine rings is 1. The molecule has 5 heteroatoms. The number of carbonyl (C=O) groups excluding carboxylic acids is 2. The second-order valence-corrected chi connectivity index (χ2v) is 4.40. The first kappa shape index (κ1) is 12.4. The van der Waals surface area contributed by atoms with Crippen LogP contribution in [-0.4, -0.2) is 48.3 Å². The molecule has 0 atom stereocenters. The summed E-state index contributed by atoms with van der Waals surface area (Å²) in [5.41, 5.74) is 7.33. The fourth-order valence-electron chi connectivity index (χ4n) is 2.05. The van der Waals surface area contributed by atoms with Crippen LogP contribution in [0.3, 0.4) is 0 Å². The third-order valence-electron chi connectivity index (χ3n) is 3.21. The minimum atomic E-state index is 0.0680. The molecular formula is C13H17N3O2. The lowest BCUT2D eigenvalue weighted by molar-refractivity contribution is -0.134. The van der Waals surface area contributed by atoms with Crippen molar-refractivity contribution >= 4 is 18.0 Å². The van der Waals surface area contributed by atoms with Gasteiger partial charge in [-0.15, -0.1) is 0 Å². The number of nitrogens with two attached hydrogens (primary N) is 1.